The number of carbonyl (C=O) groups is 3. The van der Waals surface area contributed by atoms with Crippen LogP contribution in [-0.2, 0) is 23.8 Å². The molecule has 2 aromatic rings. The van der Waals surface area contributed by atoms with E-state index in [1.54, 1.807) is 4.90 Å². The molecule has 1 saturated heterocycles. The Kier molecular flexibility index (Phi) is 7.82. The number of ether oxygens (including phenoxy) is 3. The Morgan fingerprint density at radius 2 is 1.66 bits per heavy atom. The lowest BCUT2D eigenvalue weighted by molar-refractivity contribution is -0.149. The van der Waals surface area contributed by atoms with Crippen LogP contribution in [0.15, 0.2) is 61.2 Å². The first-order valence-corrected chi connectivity index (χ1v) is 11.7. The third-order valence-corrected chi connectivity index (χ3v) is 6.42. The number of hydrogen-bond acceptors (Lipinski definition) is 6. The van der Waals surface area contributed by atoms with Gasteiger partial charge in [-0.1, -0.05) is 61.2 Å². The average molecular weight is 479 g/mol. The number of benzene rings is 2. The summed E-state index contributed by atoms with van der Waals surface area (Å²) in [6.07, 6.45) is 0.506. The lowest BCUT2D eigenvalue weighted by Gasteiger charge is -2.33. The number of rotatable bonds is 8. The monoisotopic (exact) mass is 478 g/mol. The maximum Gasteiger partial charge on any atom is 0.410 e. The van der Waals surface area contributed by atoms with Gasteiger partial charge in [-0.25, -0.2) is 4.79 Å². The van der Waals surface area contributed by atoms with Gasteiger partial charge in [0.1, 0.15) is 19.3 Å². The molecular formula is C27H30N2O6. The van der Waals surface area contributed by atoms with Gasteiger partial charge in [-0.05, 0) is 22.3 Å². The second kappa shape index (κ2) is 11.2. The van der Waals surface area contributed by atoms with Crippen molar-refractivity contribution in [3.05, 3.63) is 72.3 Å². The van der Waals surface area contributed by atoms with Crippen LogP contribution >= 0.6 is 0 Å². The number of hydrogen-bond donors (Lipinski definition) is 0. The molecule has 0 aromatic heterocycles. The summed E-state index contributed by atoms with van der Waals surface area (Å²) in [5.41, 5.74) is 4.45. The van der Waals surface area contributed by atoms with E-state index in [4.69, 9.17) is 14.2 Å². The minimum Gasteiger partial charge on any atom is -0.461 e. The zero-order valence-corrected chi connectivity index (χ0v) is 19.9. The lowest BCUT2D eigenvalue weighted by Crippen LogP contribution is -2.53. The number of amides is 2. The quantitative estimate of drug-likeness (QED) is 0.428. The van der Waals surface area contributed by atoms with Gasteiger partial charge in [0.05, 0.1) is 19.6 Å². The predicted octanol–water partition coefficient (Wildman–Crippen LogP) is 3.21. The van der Waals surface area contributed by atoms with Crippen molar-refractivity contribution in [2.45, 2.75) is 18.4 Å². The zero-order valence-electron chi connectivity index (χ0n) is 19.9. The van der Waals surface area contributed by atoms with Crippen molar-refractivity contribution in [1.29, 1.82) is 0 Å². The molecule has 184 valence electrons. The predicted molar refractivity (Wildman–Crippen MR) is 130 cm³/mol. The third-order valence-electron chi connectivity index (χ3n) is 6.42. The Hall–Kier alpha value is -3.65. The molecule has 4 rings (SSSR count). The van der Waals surface area contributed by atoms with E-state index in [9.17, 15) is 14.4 Å². The summed E-state index contributed by atoms with van der Waals surface area (Å²) in [5.74, 6) is -1.03. The van der Waals surface area contributed by atoms with Gasteiger partial charge < -0.3 is 19.1 Å². The first kappa shape index (κ1) is 24.5. The molecule has 0 radical (unpaired) electrons. The first-order chi connectivity index (χ1) is 17.0. The number of morpholine rings is 1. The molecule has 1 aliphatic carbocycles. The van der Waals surface area contributed by atoms with Crippen LogP contribution in [-0.4, -0.2) is 80.4 Å². The number of fused-ring (bicyclic) bond motifs is 3. The van der Waals surface area contributed by atoms with Crippen LogP contribution in [0.3, 0.4) is 0 Å². The fourth-order valence-corrected chi connectivity index (χ4v) is 4.58. The van der Waals surface area contributed by atoms with Gasteiger partial charge in [0, 0.05) is 26.1 Å². The second-order valence-corrected chi connectivity index (χ2v) is 8.54. The molecule has 1 heterocycles. The molecule has 2 amide bonds. The van der Waals surface area contributed by atoms with Crippen molar-refractivity contribution in [1.82, 2.24) is 9.80 Å². The van der Waals surface area contributed by atoms with Gasteiger partial charge in [0.25, 0.3) is 0 Å². The Morgan fingerprint density at radius 1 is 1.06 bits per heavy atom. The molecule has 2 aliphatic rings. The largest absolute Gasteiger partial charge is 0.461 e. The van der Waals surface area contributed by atoms with Gasteiger partial charge >= 0.3 is 12.1 Å². The van der Waals surface area contributed by atoms with Crippen LogP contribution in [0.2, 0.25) is 0 Å². The summed E-state index contributed by atoms with van der Waals surface area (Å²) in [6, 6.07) is 15.1. The molecule has 2 aromatic carbocycles. The normalized spacial score (nSPS) is 15.5. The number of nitrogens with zero attached hydrogens (tertiary/aromatic N) is 2. The molecule has 0 spiro atoms. The van der Waals surface area contributed by atoms with Gasteiger partial charge in [-0.15, -0.1) is 0 Å². The maximum atomic E-state index is 13.2. The molecule has 1 aliphatic heterocycles. The summed E-state index contributed by atoms with van der Waals surface area (Å²) in [7, 11) is 1.47. The van der Waals surface area contributed by atoms with Crippen molar-refractivity contribution in [3.8, 4) is 11.1 Å². The van der Waals surface area contributed by atoms with Crippen molar-refractivity contribution in [2.24, 2.45) is 0 Å². The molecule has 0 saturated carbocycles. The Morgan fingerprint density at radius 3 is 2.26 bits per heavy atom. The zero-order chi connectivity index (χ0) is 24.8. The maximum absolute atomic E-state index is 13.2. The minimum absolute atomic E-state index is 0.0337. The van der Waals surface area contributed by atoms with Crippen LogP contribution < -0.4 is 0 Å². The molecule has 0 bridgehead atoms. The van der Waals surface area contributed by atoms with Crippen molar-refractivity contribution < 1.29 is 28.6 Å². The molecule has 1 unspecified atom stereocenters. The Labute approximate surface area is 205 Å². The van der Waals surface area contributed by atoms with Gasteiger partial charge in [-0.3, -0.25) is 14.5 Å². The Bertz CT molecular complexity index is 1050. The van der Waals surface area contributed by atoms with E-state index in [-0.39, 0.29) is 31.5 Å². The lowest BCUT2D eigenvalue weighted by atomic mass is 9.98. The van der Waals surface area contributed by atoms with E-state index in [0.29, 0.717) is 26.3 Å². The van der Waals surface area contributed by atoms with Crippen molar-refractivity contribution >= 4 is 18.0 Å². The summed E-state index contributed by atoms with van der Waals surface area (Å²) < 4.78 is 16.1. The minimum atomic E-state index is -1.04. The molecule has 0 N–H and O–H groups in total. The highest BCUT2D eigenvalue weighted by Crippen LogP contribution is 2.44. The molecule has 35 heavy (non-hydrogen) atoms. The standard InChI is InChI=1S/C27H30N2O6/c1-3-14-34-25(30)17-24(26(31)29-12-15-33-16-13-29)28(2)27(32)35-18-23-21-10-6-4-8-19(21)20-9-5-7-11-22(20)23/h3-11,23-24H,1,12-18H2,2H3. The number of likely N-dealkylation sites (N-methyl/N-ethyl adjacent to an activating group) is 1. The number of esters is 1. The van der Waals surface area contributed by atoms with E-state index < -0.39 is 18.1 Å². The van der Waals surface area contributed by atoms with E-state index >= 15 is 0 Å². The van der Waals surface area contributed by atoms with Gasteiger partial charge in [-0.2, -0.15) is 0 Å². The smallest absolute Gasteiger partial charge is 0.410 e. The molecule has 1 atom stereocenters. The summed E-state index contributed by atoms with van der Waals surface area (Å²) >= 11 is 0. The van der Waals surface area contributed by atoms with Crippen LogP contribution in [0.5, 0.6) is 0 Å². The fraction of sp³-hybridized carbons (Fsp3) is 0.370. The second-order valence-electron chi connectivity index (χ2n) is 8.54. The highest BCUT2D eigenvalue weighted by Gasteiger charge is 2.36. The number of carbonyl (C=O) groups excluding carboxylic acids is 3. The first-order valence-electron chi connectivity index (χ1n) is 11.7. The van der Waals surface area contributed by atoms with E-state index in [0.717, 1.165) is 22.3 Å². The van der Waals surface area contributed by atoms with Gasteiger partial charge in [0.15, 0.2) is 0 Å². The van der Waals surface area contributed by atoms with Crippen LogP contribution in [0, 0.1) is 0 Å². The van der Waals surface area contributed by atoms with E-state index in [2.05, 4.69) is 18.7 Å². The van der Waals surface area contributed by atoms with E-state index in [1.807, 2.05) is 36.4 Å². The highest BCUT2D eigenvalue weighted by atomic mass is 16.6. The molecule has 8 heteroatoms. The molecular weight excluding hydrogens is 448 g/mol. The highest BCUT2D eigenvalue weighted by molar-refractivity contribution is 5.89. The third kappa shape index (κ3) is 5.38. The topological polar surface area (TPSA) is 85.4 Å². The van der Waals surface area contributed by atoms with Gasteiger partial charge in [0.2, 0.25) is 5.91 Å². The van der Waals surface area contributed by atoms with Crippen LogP contribution in [0.1, 0.15) is 23.5 Å². The summed E-state index contributed by atoms with van der Waals surface area (Å²) in [4.78, 5) is 41.4. The summed E-state index contributed by atoms with van der Waals surface area (Å²) in [6.45, 7) is 5.30. The summed E-state index contributed by atoms with van der Waals surface area (Å²) in [5, 5.41) is 0. The molecule has 8 nitrogen and oxygen atoms in total. The van der Waals surface area contributed by atoms with Crippen LogP contribution in [0.25, 0.3) is 11.1 Å². The average Bonchev–Trinajstić information content (AvgIpc) is 3.22. The van der Waals surface area contributed by atoms with Crippen LogP contribution in [0.4, 0.5) is 4.79 Å². The van der Waals surface area contributed by atoms with Crippen molar-refractivity contribution in [2.75, 3.05) is 46.6 Å². The SMILES string of the molecule is C=CCOC(=O)CC(C(=O)N1CCOCC1)N(C)C(=O)OCC1c2ccccc2-c2ccccc21. The van der Waals surface area contributed by atoms with E-state index in [1.165, 1.54) is 18.0 Å². The molecule has 1 fully saturated rings. The van der Waals surface area contributed by atoms with Crippen molar-refractivity contribution in [3.63, 3.8) is 0 Å². The Balaban J connectivity index is 1.47. The fourth-order valence-electron chi connectivity index (χ4n) is 4.58.